The summed E-state index contributed by atoms with van der Waals surface area (Å²) in [5.74, 6) is -1.26. The molecule has 2 heterocycles. The summed E-state index contributed by atoms with van der Waals surface area (Å²) >= 11 is 6.07. The maximum atomic E-state index is 13.5. The maximum absolute atomic E-state index is 13.5. The van der Waals surface area contributed by atoms with E-state index in [1.807, 2.05) is 0 Å². The number of hydrogen-bond acceptors (Lipinski definition) is 4. The number of pyridine rings is 1. The van der Waals surface area contributed by atoms with Gasteiger partial charge in [-0.3, -0.25) is 4.79 Å². The Morgan fingerprint density at radius 3 is 2.61 bits per heavy atom. The molecule has 1 aliphatic rings. The number of benzene rings is 1. The molecule has 168 valence electrons. The van der Waals surface area contributed by atoms with Crippen LogP contribution in [0.4, 0.5) is 13.2 Å². The van der Waals surface area contributed by atoms with Gasteiger partial charge < -0.3 is 19.1 Å². The molecule has 0 aliphatic carbocycles. The van der Waals surface area contributed by atoms with Gasteiger partial charge in [0.25, 0.3) is 5.56 Å². The number of fused-ring (bicyclic) bond motifs is 3. The number of hydrogen-bond donors (Lipinski definition) is 1. The first-order valence-corrected chi connectivity index (χ1v) is 9.86. The molecule has 0 spiro atoms. The summed E-state index contributed by atoms with van der Waals surface area (Å²) in [5, 5.41) is 9.93. The van der Waals surface area contributed by atoms with Crippen molar-refractivity contribution in [1.29, 1.82) is 0 Å². The Labute approximate surface area is 181 Å². The molecule has 1 aliphatic heterocycles. The molecule has 2 unspecified atom stereocenters. The van der Waals surface area contributed by atoms with Crippen LogP contribution in [0.15, 0.2) is 35.3 Å². The predicted octanol–water partition coefficient (Wildman–Crippen LogP) is 4.22. The van der Waals surface area contributed by atoms with Crippen LogP contribution in [0.25, 0.3) is 11.1 Å². The number of methoxy groups -OCH3 is 1. The van der Waals surface area contributed by atoms with Gasteiger partial charge >= 0.3 is 12.1 Å². The van der Waals surface area contributed by atoms with Crippen LogP contribution in [0.2, 0.25) is 5.02 Å². The summed E-state index contributed by atoms with van der Waals surface area (Å²) in [6.45, 7) is 1.21. The smallest absolute Gasteiger partial charge is 0.414 e. The lowest BCUT2D eigenvalue weighted by Crippen LogP contribution is -2.36. The average molecular weight is 460 g/mol. The first-order chi connectivity index (χ1) is 14.5. The molecule has 0 amide bonds. The summed E-state index contributed by atoms with van der Waals surface area (Å²) in [6, 6.07) is 4.41. The van der Waals surface area contributed by atoms with Gasteiger partial charge in [0, 0.05) is 42.8 Å². The number of aliphatic carboxylic acids is 1. The average Bonchev–Trinajstić information content (AvgIpc) is 2.68. The van der Waals surface area contributed by atoms with Gasteiger partial charge in [-0.1, -0.05) is 17.7 Å². The first-order valence-electron chi connectivity index (χ1n) is 9.49. The Kier molecular flexibility index (Phi) is 6.78. The van der Waals surface area contributed by atoms with E-state index in [2.05, 4.69) is 0 Å². The molecule has 3 atom stereocenters. The largest absolute Gasteiger partial charge is 0.480 e. The van der Waals surface area contributed by atoms with E-state index in [1.165, 1.54) is 37.6 Å². The molecule has 1 N–H and O–H groups in total. The van der Waals surface area contributed by atoms with Gasteiger partial charge in [0.2, 0.25) is 0 Å². The fourth-order valence-electron chi connectivity index (χ4n) is 3.58. The summed E-state index contributed by atoms with van der Waals surface area (Å²) < 4.78 is 51.7. The van der Waals surface area contributed by atoms with Crippen LogP contribution >= 0.6 is 11.6 Å². The van der Waals surface area contributed by atoms with Crippen LogP contribution in [-0.2, 0) is 27.3 Å². The highest BCUT2D eigenvalue weighted by molar-refractivity contribution is 6.30. The van der Waals surface area contributed by atoms with Crippen LogP contribution in [0.3, 0.4) is 0 Å². The van der Waals surface area contributed by atoms with Crippen molar-refractivity contribution in [3.8, 4) is 11.1 Å². The number of halogens is 4. The molecule has 2 aromatic rings. The fourth-order valence-corrected chi connectivity index (χ4v) is 3.75. The minimum Gasteiger partial charge on any atom is -0.480 e. The molecule has 1 aromatic heterocycles. The van der Waals surface area contributed by atoms with Crippen molar-refractivity contribution in [2.24, 2.45) is 0 Å². The van der Waals surface area contributed by atoms with E-state index in [4.69, 9.17) is 21.1 Å². The second kappa shape index (κ2) is 9.02. The lowest BCUT2D eigenvalue weighted by Gasteiger charge is -2.27. The van der Waals surface area contributed by atoms with E-state index < -0.39 is 49.0 Å². The summed E-state index contributed by atoms with van der Waals surface area (Å²) in [5.41, 5.74) is 0.735. The van der Waals surface area contributed by atoms with Gasteiger partial charge in [-0.25, -0.2) is 4.79 Å². The lowest BCUT2D eigenvalue weighted by atomic mass is 9.92. The van der Waals surface area contributed by atoms with Gasteiger partial charge in [0.15, 0.2) is 6.10 Å². The third kappa shape index (κ3) is 5.11. The van der Waals surface area contributed by atoms with Crippen molar-refractivity contribution < 1.29 is 32.5 Å². The summed E-state index contributed by atoms with van der Waals surface area (Å²) in [4.78, 5) is 24.6. The monoisotopic (exact) mass is 459 g/mol. The molecule has 0 fully saturated rings. The van der Waals surface area contributed by atoms with E-state index in [-0.39, 0.29) is 12.0 Å². The second-order valence-electron chi connectivity index (χ2n) is 7.44. The van der Waals surface area contributed by atoms with Crippen molar-refractivity contribution in [3.63, 3.8) is 0 Å². The van der Waals surface area contributed by atoms with Gasteiger partial charge in [-0.2, -0.15) is 13.2 Å². The highest BCUT2D eigenvalue weighted by atomic mass is 35.5. The van der Waals surface area contributed by atoms with Crippen LogP contribution in [0, 0.1) is 0 Å². The Balaban J connectivity index is 2.17. The van der Waals surface area contributed by atoms with Gasteiger partial charge in [-0.05, 0) is 35.7 Å². The van der Waals surface area contributed by atoms with Gasteiger partial charge in [-0.15, -0.1) is 0 Å². The third-order valence-electron chi connectivity index (χ3n) is 5.31. The Hall–Kier alpha value is -2.36. The Morgan fingerprint density at radius 1 is 1.32 bits per heavy atom. The molecule has 0 bridgehead atoms. The molecule has 0 saturated carbocycles. The van der Waals surface area contributed by atoms with E-state index in [0.717, 1.165) is 4.57 Å². The molecule has 0 saturated heterocycles. The van der Waals surface area contributed by atoms with E-state index >= 15 is 0 Å². The van der Waals surface area contributed by atoms with Crippen molar-refractivity contribution >= 4 is 17.6 Å². The Morgan fingerprint density at radius 2 is 2.00 bits per heavy atom. The highest BCUT2D eigenvalue weighted by Crippen LogP contribution is 2.36. The molecular weight excluding hydrogens is 439 g/mol. The third-order valence-corrected chi connectivity index (χ3v) is 5.55. The van der Waals surface area contributed by atoms with Crippen LogP contribution < -0.4 is 5.56 Å². The number of ether oxygens (including phenoxy) is 2. The van der Waals surface area contributed by atoms with Crippen molar-refractivity contribution in [2.75, 3.05) is 7.11 Å². The minimum atomic E-state index is -4.60. The highest BCUT2D eigenvalue weighted by Gasteiger charge is 2.42. The zero-order valence-electron chi connectivity index (χ0n) is 16.8. The molecular formula is C21H21ClF3NO5. The quantitative estimate of drug-likeness (QED) is 0.724. The van der Waals surface area contributed by atoms with Crippen molar-refractivity contribution in [1.82, 2.24) is 4.57 Å². The van der Waals surface area contributed by atoms with Crippen molar-refractivity contribution in [3.05, 3.63) is 57.0 Å². The molecule has 6 nitrogen and oxygen atoms in total. The topological polar surface area (TPSA) is 77.8 Å². The van der Waals surface area contributed by atoms with Gasteiger partial charge in [0.1, 0.15) is 6.04 Å². The molecule has 3 rings (SSSR count). The maximum Gasteiger partial charge on any atom is 0.414 e. The Bertz CT molecular complexity index is 1040. The number of alkyl halides is 3. The van der Waals surface area contributed by atoms with Crippen LogP contribution in [-0.4, -0.2) is 41.1 Å². The molecule has 0 radical (unpaired) electrons. The van der Waals surface area contributed by atoms with Crippen LogP contribution in [0.5, 0.6) is 0 Å². The molecule has 10 heteroatoms. The van der Waals surface area contributed by atoms with E-state index in [1.54, 1.807) is 6.92 Å². The van der Waals surface area contributed by atoms with Gasteiger partial charge in [0.05, 0.1) is 12.7 Å². The van der Waals surface area contributed by atoms with Crippen LogP contribution in [0.1, 0.15) is 30.5 Å². The molecule has 31 heavy (non-hydrogen) atoms. The number of rotatable bonds is 5. The predicted molar refractivity (Wildman–Crippen MR) is 107 cm³/mol. The standard InChI is InChI=1S/C21H21ClF3NO5/c1-11(30-2)5-17(20(28)29)26-9-13-10-31-18(21(23,24)25)6-12-3-4-14(22)7-15(12)16(13)8-19(26)27/h3-4,7-9,11,17-18H,5-6,10H2,1-2H3,(H,28,29)/t11-,17?,18?/m0/s1. The SMILES string of the molecule is CO[C@@H](C)CC(C(=O)O)n1cc2c(cc1=O)-c1cc(Cl)ccc1CC(C(F)(F)F)OC2. The number of nitrogens with zero attached hydrogens (tertiary/aromatic N) is 1. The summed E-state index contributed by atoms with van der Waals surface area (Å²) in [7, 11) is 1.42. The molecule has 1 aromatic carbocycles. The normalized spacial score (nSPS) is 18.3. The number of carbonyl (C=O) groups is 1. The zero-order valence-corrected chi connectivity index (χ0v) is 17.5. The van der Waals surface area contributed by atoms with E-state index in [9.17, 15) is 27.9 Å². The fraction of sp³-hybridized carbons (Fsp3) is 0.429. The van der Waals surface area contributed by atoms with Crippen molar-refractivity contribution in [2.45, 2.75) is 50.8 Å². The second-order valence-corrected chi connectivity index (χ2v) is 7.88. The number of carboxylic acids is 1. The summed E-state index contributed by atoms with van der Waals surface area (Å²) in [6.07, 6.45) is -6.28. The zero-order chi connectivity index (χ0) is 22.9. The number of aromatic nitrogens is 1. The minimum absolute atomic E-state index is 0.00102. The van der Waals surface area contributed by atoms with E-state index in [0.29, 0.717) is 21.7 Å². The number of carboxylic acid groups (broad SMARTS) is 1. The first kappa shape index (κ1) is 23.3. The lowest BCUT2D eigenvalue weighted by molar-refractivity contribution is -0.223.